The van der Waals surface area contributed by atoms with Crippen molar-refractivity contribution in [3.05, 3.63) is 45.5 Å². The number of nitrogens with one attached hydrogen (secondary N) is 1. The average molecular weight is 315 g/mol. The SMILES string of the molecule is O=C1C=CNC(C(=O)c2c(Cl)cccc2Br)C1. The Morgan fingerprint density at radius 3 is 2.88 bits per heavy atom. The second kappa shape index (κ2) is 5.02. The van der Waals surface area contributed by atoms with Gasteiger partial charge in [-0.15, -0.1) is 0 Å². The number of Topliss-reactive ketones (excluding diaryl/α,β-unsaturated/α-hetero) is 1. The summed E-state index contributed by atoms with van der Waals surface area (Å²) in [5, 5.41) is 3.25. The first-order chi connectivity index (χ1) is 8.09. The van der Waals surface area contributed by atoms with E-state index in [2.05, 4.69) is 21.2 Å². The fourth-order valence-electron chi connectivity index (χ4n) is 1.66. The monoisotopic (exact) mass is 313 g/mol. The lowest BCUT2D eigenvalue weighted by Crippen LogP contribution is -2.38. The van der Waals surface area contributed by atoms with Gasteiger partial charge >= 0.3 is 0 Å². The Labute approximate surface area is 112 Å². The molecule has 0 saturated heterocycles. The number of carbonyl (C=O) groups excluding carboxylic acids is 2. The maximum atomic E-state index is 12.2. The van der Waals surface area contributed by atoms with Crippen molar-refractivity contribution >= 4 is 39.1 Å². The first kappa shape index (κ1) is 12.3. The summed E-state index contributed by atoms with van der Waals surface area (Å²) in [6, 6.07) is 4.62. The minimum atomic E-state index is -0.538. The van der Waals surface area contributed by atoms with Crippen LogP contribution in [0, 0.1) is 0 Å². The maximum Gasteiger partial charge on any atom is 0.188 e. The van der Waals surface area contributed by atoms with E-state index in [1.807, 2.05) is 0 Å². The topological polar surface area (TPSA) is 46.2 Å². The smallest absolute Gasteiger partial charge is 0.188 e. The summed E-state index contributed by atoms with van der Waals surface area (Å²) in [5.41, 5.74) is 0.412. The highest BCUT2D eigenvalue weighted by atomic mass is 79.9. The van der Waals surface area contributed by atoms with E-state index in [0.717, 1.165) is 0 Å². The minimum absolute atomic E-state index is 0.0646. The van der Waals surface area contributed by atoms with E-state index >= 15 is 0 Å². The lowest BCUT2D eigenvalue weighted by Gasteiger charge is -2.19. The Hall–Kier alpha value is -1.13. The molecule has 1 aliphatic heterocycles. The van der Waals surface area contributed by atoms with Crippen LogP contribution in [0.25, 0.3) is 0 Å². The summed E-state index contributed by atoms with van der Waals surface area (Å²) in [6.45, 7) is 0. The van der Waals surface area contributed by atoms with Crippen molar-refractivity contribution in [1.29, 1.82) is 0 Å². The van der Waals surface area contributed by atoms with Gasteiger partial charge in [-0.25, -0.2) is 0 Å². The Morgan fingerprint density at radius 1 is 1.47 bits per heavy atom. The molecule has 1 atom stereocenters. The van der Waals surface area contributed by atoms with Crippen molar-refractivity contribution in [3.63, 3.8) is 0 Å². The van der Waals surface area contributed by atoms with Gasteiger partial charge in [0.15, 0.2) is 11.6 Å². The number of ketones is 2. The number of halogens is 2. The summed E-state index contributed by atoms with van der Waals surface area (Å²) < 4.78 is 0.638. The molecule has 5 heteroatoms. The second-order valence-corrected chi connectivity index (χ2v) is 4.95. The highest BCUT2D eigenvalue weighted by Gasteiger charge is 2.26. The van der Waals surface area contributed by atoms with E-state index in [-0.39, 0.29) is 18.0 Å². The molecule has 1 heterocycles. The molecule has 1 unspecified atom stereocenters. The van der Waals surface area contributed by atoms with Gasteiger partial charge in [-0.1, -0.05) is 17.7 Å². The lowest BCUT2D eigenvalue weighted by atomic mass is 9.98. The van der Waals surface area contributed by atoms with Gasteiger partial charge in [-0.2, -0.15) is 0 Å². The summed E-state index contributed by atoms with van der Waals surface area (Å²) >= 11 is 9.29. The zero-order valence-electron chi connectivity index (χ0n) is 8.74. The average Bonchev–Trinajstić information content (AvgIpc) is 2.28. The van der Waals surface area contributed by atoms with Crippen LogP contribution in [0.4, 0.5) is 0 Å². The number of hydrogen-bond donors (Lipinski definition) is 1. The number of carbonyl (C=O) groups is 2. The standard InChI is InChI=1S/C12H9BrClNO2/c13-8-2-1-3-9(14)11(8)12(17)10-6-7(16)4-5-15-10/h1-5,10,15H,6H2. The highest BCUT2D eigenvalue weighted by molar-refractivity contribution is 9.10. The van der Waals surface area contributed by atoms with Crippen molar-refractivity contribution in [3.8, 4) is 0 Å². The molecule has 0 fully saturated rings. The van der Waals surface area contributed by atoms with Gasteiger partial charge in [0.2, 0.25) is 0 Å². The van der Waals surface area contributed by atoms with Crippen LogP contribution in [0.15, 0.2) is 34.9 Å². The molecule has 0 radical (unpaired) electrons. The third-order valence-electron chi connectivity index (χ3n) is 2.50. The van der Waals surface area contributed by atoms with Gasteiger partial charge in [0, 0.05) is 17.1 Å². The molecular weight excluding hydrogens is 305 g/mol. The Morgan fingerprint density at radius 2 is 2.24 bits per heavy atom. The van der Waals surface area contributed by atoms with Crippen molar-refractivity contribution in [2.45, 2.75) is 12.5 Å². The van der Waals surface area contributed by atoms with Crippen LogP contribution >= 0.6 is 27.5 Å². The molecule has 2 rings (SSSR count). The van der Waals surface area contributed by atoms with Gasteiger partial charge in [0.05, 0.1) is 16.6 Å². The number of rotatable bonds is 2. The first-order valence-electron chi connectivity index (χ1n) is 5.03. The van der Waals surface area contributed by atoms with Crippen LogP contribution in [-0.2, 0) is 4.79 Å². The van der Waals surface area contributed by atoms with Crippen molar-refractivity contribution < 1.29 is 9.59 Å². The molecule has 17 heavy (non-hydrogen) atoms. The van der Waals surface area contributed by atoms with Crippen molar-refractivity contribution in [1.82, 2.24) is 5.32 Å². The lowest BCUT2D eigenvalue weighted by molar-refractivity contribution is -0.115. The number of hydrogen-bond acceptors (Lipinski definition) is 3. The fourth-order valence-corrected chi connectivity index (χ4v) is 2.60. The molecule has 1 aromatic carbocycles. The Bertz CT molecular complexity index is 493. The molecule has 0 spiro atoms. The zero-order valence-corrected chi connectivity index (χ0v) is 11.1. The molecule has 1 N–H and O–H groups in total. The quantitative estimate of drug-likeness (QED) is 0.854. The van der Waals surface area contributed by atoms with Gasteiger partial charge in [-0.05, 0) is 34.1 Å². The molecule has 0 aromatic heterocycles. The highest BCUT2D eigenvalue weighted by Crippen LogP contribution is 2.26. The van der Waals surface area contributed by atoms with Crippen molar-refractivity contribution in [2.75, 3.05) is 0 Å². The normalized spacial score (nSPS) is 18.9. The molecule has 1 aromatic rings. The third kappa shape index (κ3) is 2.58. The van der Waals surface area contributed by atoms with Gasteiger partial charge in [-0.3, -0.25) is 9.59 Å². The van der Waals surface area contributed by atoms with Gasteiger partial charge in [0.25, 0.3) is 0 Å². The van der Waals surface area contributed by atoms with Crippen LogP contribution in [0.5, 0.6) is 0 Å². The van der Waals surface area contributed by atoms with Gasteiger partial charge < -0.3 is 5.32 Å². The molecular formula is C12H9BrClNO2. The van der Waals surface area contributed by atoms with E-state index in [1.165, 1.54) is 12.3 Å². The maximum absolute atomic E-state index is 12.2. The largest absolute Gasteiger partial charge is 0.380 e. The molecule has 0 saturated carbocycles. The van der Waals surface area contributed by atoms with Crippen LogP contribution in [0.1, 0.15) is 16.8 Å². The molecule has 0 aliphatic carbocycles. The number of allylic oxidation sites excluding steroid dienone is 1. The minimum Gasteiger partial charge on any atom is -0.380 e. The summed E-state index contributed by atoms with van der Waals surface area (Å²) in [7, 11) is 0. The van der Waals surface area contributed by atoms with E-state index in [4.69, 9.17) is 11.6 Å². The Balaban J connectivity index is 2.31. The summed E-state index contributed by atoms with van der Waals surface area (Å²) in [4.78, 5) is 23.5. The molecule has 88 valence electrons. The predicted molar refractivity (Wildman–Crippen MR) is 69.2 cm³/mol. The van der Waals surface area contributed by atoms with Gasteiger partial charge in [0.1, 0.15) is 0 Å². The summed E-state index contributed by atoms with van der Waals surface area (Å²) in [6.07, 6.45) is 3.08. The van der Waals surface area contributed by atoms with E-state index in [1.54, 1.807) is 18.2 Å². The third-order valence-corrected chi connectivity index (χ3v) is 3.47. The van der Waals surface area contributed by atoms with Crippen molar-refractivity contribution in [2.24, 2.45) is 0 Å². The summed E-state index contributed by atoms with van der Waals surface area (Å²) in [5.74, 6) is -0.245. The fraction of sp³-hybridized carbons (Fsp3) is 0.167. The van der Waals surface area contributed by atoms with Crippen LogP contribution < -0.4 is 5.32 Å². The molecule has 0 bridgehead atoms. The van der Waals surface area contributed by atoms with E-state index in [0.29, 0.717) is 15.1 Å². The van der Waals surface area contributed by atoms with Crippen LogP contribution in [0.3, 0.4) is 0 Å². The van der Waals surface area contributed by atoms with Crippen LogP contribution in [0.2, 0.25) is 5.02 Å². The van der Waals surface area contributed by atoms with E-state index < -0.39 is 6.04 Å². The second-order valence-electron chi connectivity index (χ2n) is 3.68. The Kier molecular flexibility index (Phi) is 3.64. The molecule has 3 nitrogen and oxygen atoms in total. The van der Waals surface area contributed by atoms with E-state index in [9.17, 15) is 9.59 Å². The number of benzene rings is 1. The molecule has 1 aliphatic rings. The van der Waals surface area contributed by atoms with Crippen LogP contribution in [-0.4, -0.2) is 17.6 Å². The first-order valence-corrected chi connectivity index (χ1v) is 6.20. The molecule has 0 amide bonds. The predicted octanol–water partition coefficient (Wildman–Crippen LogP) is 2.73. The zero-order chi connectivity index (χ0) is 12.4.